The number of carbonyl (C=O) groups is 3. The second-order valence-corrected chi connectivity index (χ2v) is 6.50. The Hall–Kier alpha value is -3.16. The molecule has 0 aliphatic carbocycles. The van der Waals surface area contributed by atoms with Gasteiger partial charge in [0.05, 0.1) is 5.52 Å². The molecule has 1 aromatic heterocycles. The summed E-state index contributed by atoms with van der Waals surface area (Å²) in [5.41, 5.74) is -0.0448. The molecule has 26 heavy (non-hydrogen) atoms. The van der Waals surface area contributed by atoms with E-state index in [1.165, 1.54) is 6.07 Å². The fourth-order valence-corrected chi connectivity index (χ4v) is 2.18. The summed E-state index contributed by atoms with van der Waals surface area (Å²) in [6.07, 6.45) is -0.890. The third-order valence-corrected chi connectivity index (χ3v) is 3.50. The van der Waals surface area contributed by atoms with Gasteiger partial charge in [-0.25, -0.2) is 14.6 Å². The minimum atomic E-state index is -1.17. The van der Waals surface area contributed by atoms with E-state index in [1.807, 2.05) is 12.1 Å². The monoisotopic (exact) mass is 360 g/mol. The van der Waals surface area contributed by atoms with Gasteiger partial charge in [-0.3, -0.25) is 9.69 Å². The number of carboxylic acids is 1. The predicted molar refractivity (Wildman–Crippen MR) is 92.6 cm³/mol. The number of rotatable bonds is 5. The van der Waals surface area contributed by atoms with E-state index in [0.717, 1.165) is 10.3 Å². The topological polar surface area (TPSA) is 106 Å². The molecule has 2 rings (SSSR count). The first-order chi connectivity index (χ1) is 12.2. The van der Waals surface area contributed by atoms with Crippen molar-refractivity contribution in [1.82, 2.24) is 9.88 Å². The van der Waals surface area contributed by atoms with Gasteiger partial charge < -0.3 is 14.6 Å². The summed E-state index contributed by atoms with van der Waals surface area (Å²) in [6, 6.07) is 10.5. The Kier molecular flexibility index (Phi) is 5.76. The minimum absolute atomic E-state index is 0.0814. The molecule has 0 unspecified atom stereocenters. The second-order valence-electron chi connectivity index (χ2n) is 6.50. The summed E-state index contributed by atoms with van der Waals surface area (Å²) in [6.45, 7) is 3.84. The number of para-hydroxylation sites is 1. The summed E-state index contributed by atoms with van der Waals surface area (Å²) in [5.74, 6) is -1.92. The highest BCUT2D eigenvalue weighted by Gasteiger charge is 2.30. The number of hydrogen-bond donors (Lipinski definition) is 1. The van der Waals surface area contributed by atoms with Crippen molar-refractivity contribution in [2.24, 2.45) is 0 Å². The number of fused-ring (bicyclic) bond motifs is 1. The van der Waals surface area contributed by atoms with E-state index in [-0.39, 0.29) is 5.69 Å². The molecule has 2 aromatic rings. The van der Waals surface area contributed by atoms with Gasteiger partial charge in [0.1, 0.15) is 12.2 Å². The lowest BCUT2D eigenvalue weighted by molar-refractivity contribution is -0.139. The zero-order valence-corrected chi connectivity index (χ0v) is 14.8. The number of amides is 1. The van der Waals surface area contributed by atoms with Crippen LogP contribution in [-0.2, 0) is 14.3 Å². The first-order valence-corrected chi connectivity index (χ1v) is 7.87. The molecule has 0 saturated heterocycles. The van der Waals surface area contributed by atoms with Crippen LogP contribution in [0.1, 0.15) is 31.3 Å². The molecule has 138 valence electrons. The molecule has 0 spiro atoms. The number of hydrogen-bond acceptors (Lipinski definition) is 6. The summed E-state index contributed by atoms with van der Waals surface area (Å²) >= 11 is 0. The van der Waals surface area contributed by atoms with E-state index < -0.39 is 36.9 Å². The van der Waals surface area contributed by atoms with Crippen LogP contribution in [0.5, 0.6) is 0 Å². The summed E-state index contributed by atoms with van der Waals surface area (Å²) in [7, 11) is 0. The molecule has 1 N–H and O–H groups in total. The van der Waals surface area contributed by atoms with Crippen LogP contribution >= 0.6 is 0 Å². The smallest absolute Gasteiger partial charge is 0.413 e. The van der Waals surface area contributed by atoms with Crippen molar-refractivity contribution in [3.8, 4) is 0 Å². The van der Waals surface area contributed by atoms with Crippen LogP contribution in [-0.4, -0.2) is 51.9 Å². The standard InChI is InChI=1S/C18H20N2O6/c1-18(2,3)20(10-15(21)22)17(24)26-11-25-16(23)14-9-8-12-6-4-5-7-13(12)19-14/h4-9H,10-11H2,1-3H3,(H,21,22). The Balaban J connectivity index is 1.95. The van der Waals surface area contributed by atoms with Gasteiger partial charge in [-0.15, -0.1) is 0 Å². The molecular weight excluding hydrogens is 340 g/mol. The summed E-state index contributed by atoms with van der Waals surface area (Å²) < 4.78 is 9.76. The summed E-state index contributed by atoms with van der Waals surface area (Å²) in [4.78, 5) is 40.2. The number of pyridine rings is 1. The Labute approximate surface area is 150 Å². The van der Waals surface area contributed by atoms with Gasteiger partial charge in [0, 0.05) is 10.9 Å². The molecule has 0 aliphatic rings. The number of benzene rings is 1. The van der Waals surface area contributed by atoms with E-state index >= 15 is 0 Å². The minimum Gasteiger partial charge on any atom is -0.480 e. The van der Waals surface area contributed by atoms with Gasteiger partial charge >= 0.3 is 18.0 Å². The lowest BCUT2D eigenvalue weighted by Gasteiger charge is -2.33. The van der Waals surface area contributed by atoms with E-state index in [4.69, 9.17) is 14.6 Å². The second kappa shape index (κ2) is 7.81. The van der Waals surface area contributed by atoms with E-state index in [2.05, 4.69) is 4.98 Å². The highest BCUT2D eigenvalue weighted by Crippen LogP contribution is 2.15. The Bertz CT molecular complexity index is 828. The Morgan fingerprint density at radius 1 is 1.08 bits per heavy atom. The van der Waals surface area contributed by atoms with Crippen molar-refractivity contribution < 1.29 is 29.0 Å². The molecule has 1 heterocycles. The average molecular weight is 360 g/mol. The van der Waals surface area contributed by atoms with Gasteiger partial charge in [0.25, 0.3) is 0 Å². The first kappa shape index (κ1) is 19.2. The maximum atomic E-state index is 12.1. The van der Waals surface area contributed by atoms with Crippen LogP contribution in [0.15, 0.2) is 36.4 Å². The van der Waals surface area contributed by atoms with Gasteiger partial charge in [-0.1, -0.05) is 24.3 Å². The van der Waals surface area contributed by atoms with E-state index in [1.54, 1.807) is 39.0 Å². The molecule has 8 nitrogen and oxygen atoms in total. The molecule has 1 aromatic carbocycles. The Morgan fingerprint density at radius 3 is 2.42 bits per heavy atom. The highest BCUT2D eigenvalue weighted by molar-refractivity contribution is 5.91. The number of aliphatic carboxylic acids is 1. The zero-order valence-electron chi connectivity index (χ0n) is 14.8. The zero-order chi connectivity index (χ0) is 19.3. The third kappa shape index (κ3) is 4.92. The molecular formula is C18H20N2O6. The summed E-state index contributed by atoms with van der Waals surface area (Å²) in [5, 5.41) is 9.78. The SMILES string of the molecule is CC(C)(C)N(CC(=O)O)C(=O)OCOC(=O)c1ccc2ccccc2n1. The number of carbonyl (C=O) groups excluding carboxylic acids is 2. The largest absolute Gasteiger partial charge is 0.480 e. The normalized spacial score (nSPS) is 11.0. The number of nitrogens with zero attached hydrogens (tertiary/aromatic N) is 2. The van der Waals surface area contributed by atoms with Crippen molar-refractivity contribution in [1.29, 1.82) is 0 Å². The first-order valence-electron chi connectivity index (χ1n) is 7.87. The van der Waals surface area contributed by atoms with Gasteiger partial charge in [0.2, 0.25) is 6.79 Å². The number of esters is 1. The van der Waals surface area contributed by atoms with Crippen LogP contribution in [0, 0.1) is 0 Å². The van der Waals surface area contributed by atoms with Crippen molar-refractivity contribution in [3.63, 3.8) is 0 Å². The van der Waals surface area contributed by atoms with Gasteiger partial charge in [0.15, 0.2) is 0 Å². The van der Waals surface area contributed by atoms with Crippen molar-refractivity contribution in [2.45, 2.75) is 26.3 Å². The number of ether oxygens (including phenoxy) is 2. The molecule has 1 amide bonds. The molecule has 0 saturated carbocycles. The van der Waals surface area contributed by atoms with Crippen LogP contribution in [0.25, 0.3) is 10.9 Å². The maximum Gasteiger partial charge on any atom is 0.413 e. The van der Waals surface area contributed by atoms with Crippen LogP contribution in [0.4, 0.5) is 4.79 Å². The van der Waals surface area contributed by atoms with Crippen LogP contribution in [0.2, 0.25) is 0 Å². The quantitative estimate of drug-likeness (QED) is 0.645. The lowest BCUT2D eigenvalue weighted by Crippen LogP contribution is -2.48. The molecule has 0 radical (unpaired) electrons. The number of carboxylic acid groups (broad SMARTS) is 1. The molecule has 0 atom stereocenters. The molecule has 0 bridgehead atoms. The van der Waals surface area contributed by atoms with Crippen molar-refractivity contribution in [3.05, 3.63) is 42.1 Å². The highest BCUT2D eigenvalue weighted by atomic mass is 16.7. The molecule has 8 heteroatoms. The third-order valence-electron chi connectivity index (χ3n) is 3.50. The maximum absolute atomic E-state index is 12.1. The average Bonchev–Trinajstić information content (AvgIpc) is 2.57. The van der Waals surface area contributed by atoms with E-state index in [0.29, 0.717) is 5.52 Å². The van der Waals surface area contributed by atoms with E-state index in [9.17, 15) is 14.4 Å². The molecule has 0 aliphatic heterocycles. The van der Waals surface area contributed by atoms with Gasteiger partial charge in [-0.2, -0.15) is 0 Å². The van der Waals surface area contributed by atoms with Crippen LogP contribution < -0.4 is 0 Å². The van der Waals surface area contributed by atoms with Crippen molar-refractivity contribution >= 4 is 28.9 Å². The van der Waals surface area contributed by atoms with Crippen LogP contribution in [0.3, 0.4) is 0 Å². The number of aromatic nitrogens is 1. The van der Waals surface area contributed by atoms with Gasteiger partial charge in [-0.05, 0) is 32.9 Å². The lowest BCUT2D eigenvalue weighted by atomic mass is 10.1. The Morgan fingerprint density at radius 2 is 1.77 bits per heavy atom. The molecule has 0 fully saturated rings. The fourth-order valence-electron chi connectivity index (χ4n) is 2.18. The fraction of sp³-hybridized carbons (Fsp3) is 0.333. The predicted octanol–water partition coefficient (Wildman–Crippen LogP) is 2.67. The van der Waals surface area contributed by atoms with Crippen molar-refractivity contribution in [2.75, 3.05) is 13.3 Å².